The van der Waals surface area contributed by atoms with Crippen molar-refractivity contribution in [3.63, 3.8) is 0 Å². The second-order valence-electron chi connectivity index (χ2n) is 5.54. The van der Waals surface area contributed by atoms with Gasteiger partial charge in [0.25, 0.3) is 0 Å². The van der Waals surface area contributed by atoms with E-state index >= 15 is 0 Å². The van der Waals surface area contributed by atoms with E-state index in [-0.39, 0.29) is 0 Å². The van der Waals surface area contributed by atoms with Crippen LogP contribution in [0.1, 0.15) is 39.5 Å². The van der Waals surface area contributed by atoms with Crippen LogP contribution in [-0.2, 0) is 4.74 Å². The molecule has 0 radical (unpaired) electrons. The minimum absolute atomic E-state index is 0.332. The number of rotatable bonds is 4. The molecule has 0 aromatic rings. The van der Waals surface area contributed by atoms with Crippen LogP contribution < -0.4 is 5.32 Å². The summed E-state index contributed by atoms with van der Waals surface area (Å²) in [4.78, 5) is 0. The number of nitrogens with one attached hydrogen (secondary N) is 1. The summed E-state index contributed by atoms with van der Waals surface area (Å²) in [6.45, 7) is 5.84. The SMILES string of the molecule is COC1CC(NCC2CCC2)C1(C)C. The molecule has 14 heavy (non-hydrogen) atoms. The molecule has 0 aliphatic heterocycles. The first kappa shape index (κ1) is 10.4. The minimum Gasteiger partial charge on any atom is -0.381 e. The highest BCUT2D eigenvalue weighted by Crippen LogP contribution is 2.42. The zero-order chi connectivity index (χ0) is 10.2. The highest BCUT2D eigenvalue weighted by Gasteiger charge is 2.48. The van der Waals surface area contributed by atoms with E-state index in [4.69, 9.17) is 4.74 Å². The Morgan fingerprint density at radius 2 is 2.07 bits per heavy atom. The second-order valence-corrected chi connectivity index (χ2v) is 5.54. The normalized spacial score (nSPS) is 36.2. The van der Waals surface area contributed by atoms with Gasteiger partial charge in [0.2, 0.25) is 0 Å². The van der Waals surface area contributed by atoms with E-state index in [1.54, 1.807) is 0 Å². The Kier molecular flexibility index (Phi) is 2.85. The zero-order valence-electron chi connectivity index (χ0n) is 9.68. The summed E-state index contributed by atoms with van der Waals surface area (Å²) >= 11 is 0. The Morgan fingerprint density at radius 3 is 2.50 bits per heavy atom. The van der Waals surface area contributed by atoms with Gasteiger partial charge in [-0.2, -0.15) is 0 Å². The van der Waals surface area contributed by atoms with Crippen LogP contribution in [0.4, 0.5) is 0 Å². The molecule has 2 unspecified atom stereocenters. The quantitative estimate of drug-likeness (QED) is 0.746. The van der Waals surface area contributed by atoms with Crippen molar-refractivity contribution >= 4 is 0 Å². The summed E-state index contributed by atoms with van der Waals surface area (Å²) < 4.78 is 5.44. The predicted molar refractivity (Wildman–Crippen MR) is 58.3 cm³/mol. The Balaban J connectivity index is 1.72. The van der Waals surface area contributed by atoms with Crippen molar-refractivity contribution < 1.29 is 4.74 Å². The van der Waals surface area contributed by atoms with Gasteiger partial charge in [-0.25, -0.2) is 0 Å². The smallest absolute Gasteiger partial charge is 0.0652 e. The Morgan fingerprint density at radius 1 is 1.36 bits per heavy atom. The van der Waals surface area contributed by atoms with Crippen LogP contribution in [-0.4, -0.2) is 25.8 Å². The third kappa shape index (κ3) is 1.70. The molecule has 0 aromatic carbocycles. The average molecular weight is 197 g/mol. The number of methoxy groups -OCH3 is 1. The first-order valence-corrected chi connectivity index (χ1v) is 5.90. The molecule has 2 atom stereocenters. The van der Waals surface area contributed by atoms with Crippen LogP contribution in [0.2, 0.25) is 0 Å². The van der Waals surface area contributed by atoms with Gasteiger partial charge in [0, 0.05) is 18.6 Å². The average Bonchev–Trinajstić information content (AvgIpc) is 2.06. The molecule has 82 valence electrons. The molecule has 0 saturated heterocycles. The van der Waals surface area contributed by atoms with Crippen LogP contribution in [0.5, 0.6) is 0 Å². The fraction of sp³-hybridized carbons (Fsp3) is 1.00. The van der Waals surface area contributed by atoms with E-state index < -0.39 is 0 Å². The summed E-state index contributed by atoms with van der Waals surface area (Å²) in [6, 6.07) is 0.674. The van der Waals surface area contributed by atoms with Crippen molar-refractivity contribution in [2.24, 2.45) is 11.3 Å². The van der Waals surface area contributed by atoms with Crippen LogP contribution in [0, 0.1) is 11.3 Å². The molecule has 2 fully saturated rings. The Hall–Kier alpha value is -0.0800. The fourth-order valence-electron chi connectivity index (χ4n) is 2.64. The van der Waals surface area contributed by atoms with Crippen molar-refractivity contribution in [2.75, 3.05) is 13.7 Å². The van der Waals surface area contributed by atoms with Gasteiger partial charge in [-0.1, -0.05) is 20.3 Å². The molecule has 0 aromatic heterocycles. The summed E-state index contributed by atoms with van der Waals surface area (Å²) in [5, 5.41) is 3.70. The molecule has 2 aliphatic rings. The molecular weight excluding hydrogens is 174 g/mol. The summed E-state index contributed by atoms with van der Waals surface area (Å²) in [5.41, 5.74) is 0.332. The molecule has 0 amide bonds. The van der Waals surface area contributed by atoms with Crippen LogP contribution in [0.25, 0.3) is 0 Å². The molecule has 0 heterocycles. The molecule has 2 heteroatoms. The summed E-state index contributed by atoms with van der Waals surface area (Å²) in [5.74, 6) is 0.965. The fourth-order valence-corrected chi connectivity index (χ4v) is 2.64. The predicted octanol–water partition coefficient (Wildman–Crippen LogP) is 2.19. The van der Waals surface area contributed by atoms with Crippen molar-refractivity contribution in [1.82, 2.24) is 5.32 Å². The van der Waals surface area contributed by atoms with Gasteiger partial charge in [-0.05, 0) is 31.7 Å². The number of hydrogen-bond donors (Lipinski definition) is 1. The maximum absolute atomic E-state index is 5.44. The first-order valence-electron chi connectivity index (χ1n) is 5.90. The molecule has 2 saturated carbocycles. The highest BCUT2D eigenvalue weighted by molar-refractivity contribution is 5.02. The zero-order valence-corrected chi connectivity index (χ0v) is 9.68. The van der Waals surface area contributed by atoms with Gasteiger partial charge in [-0.15, -0.1) is 0 Å². The molecule has 2 nitrogen and oxygen atoms in total. The van der Waals surface area contributed by atoms with Crippen molar-refractivity contribution in [2.45, 2.75) is 51.7 Å². The van der Waals surface area contributed by atoms with E-state index in [1.165, 1.54) is 32.2 Å². The monoisotopic (exact) mass is 197 g/mol. The number of hydrogen-bond acceptors (Lipinski definition) is 2. The molecule has 0 spiro atoms. The van der Waals surface area contributed by atoms with Crippen molar-refractivity contribution in [3.8, 4) is 0 Å². The van der Waals surface area contributed by atoms with Gasteiger partial charge in [-0.3, -0.25) is 0 Å². The van der Waals surface area contributed by atoms with E-state index in [2.05, 4.69) is 19.2 Å². The van der Waals surface area contributed by atoms with E-state index in [9.17, 15) is 0 Å². The summed E-state index contributed by atoms with van der Waals surface area (Å²) in [7, 11) is 1.83. The standard InChI is InChI=1S/C12H23NO/c1-12(2)10(7-11(12)14-3)13-8-9-5-4-6-9/h9-11,13H,4-8H2,1-3H3. The first-order chi connectivity index (χ1) is 6.64. The van der Waals surface area contributed by atoms with Crippen LogP contribution in [0.15, 0.2) is 0 Å². The van der Waals surface area contributed by atoms with E-state index in [1.807, 2.05) is 7.11 Å². The summed E-state index contributed by atoms with van der Waals surface area (Å²) in [6.07, 6.45) is 5.97. The molecule has 0 bridgehead atoms. The Labute approximate surface area is 87.4 Å². The van der Waals surface area contributed by atoms with Gasteiger partial charge in [0.05, 0.1) is 6.10 Å². The third-order valence-electron chi connectivity index (χ3n) is 4.34. The van der Waals surface area contributed by atoms with Crippen LogP contribution >= 0.6 is 0 Å². The largest absolute Gasteiger partial charge is 0.381 e. The highest BCUT2D eigenvalue weighted by atomic mass is 16.5. The molecule has 2 aliphatic carbocycles. The lowest BCUT2D eigenvalue weighted by Crippen LogP contribution is -2.61. The van der Waals surface area contributed by atoms with Gasteiger partial charge in [0.1, 0.15) is 0 Å². The lowest BCUT2D eigenvalue weighted by molar-refractivity contribution is -0.0986. The topological polar surface area (TPSA) is 21.3 Å². The Bertz CT molecular complexity index is 198. The molecule has 1 N–H and O–H groups in total. The van der Waals surface area contributed by atoms with Crippen molar-refractivity contribution in [1.29, 1.82) is 0 Å². The maximum atomic E-state index is 5.44. The van der Waals surface area contributed by atoms with Gasteiger partial charge in [0.15, 0.2) is 0 Å². The van der Waals surface area contributed by atoms with E-state index in [0.29, 0.717) is 17.6 Å². The number of ether oxygens (including phenoxy) is 1. The van der Waals surface area contributed by atoms with Crippen molar-refractivity contribution in [3.05, 3.63) is 0 Å². The van der Waals surface area contributed by atoms with Crippen LogP contribution in [0.3, 0.4) is 0 Å². The molecule has 2 rings (SSSR count). The van der Waals surface area contributed by atoms with E-state index in [0.717, 1.165) is 5.92 Å². The molecular formula is C12H23NO. The minimum atomic E-state index is 0.332. The lowest BCUT2D eigenvalue weighted by atomic mass is 9.64. The maximum Gasteiger partial charge on any atom is 0.0652 e. The second kappa shape index (κ2) is 3.82. The lowest BCUT2D eigenvalue weighted by Gasteiger charge is -2.52. The van der Waals surface area contributed by atoms with Gasteiger partial charge >= 0.3 is 0 Å². The third-order valence-corrected chi connectivity index (χ3v) is 4.34. The van der Waals surface area contributed by atoms with Gasteiger partial charge < -0.3 is 10.1 Å².